The second-order valence-electron chi connectivity index (χ2n) is 5.90. The molecule has 2 N–H and O–H groups in total. The lowest BCUT2D eigenvalue weighted by molar-refractivity contribution is 0.0734. The van der Waals surface area contributed by atoms with Gasteiger partial charge in [-0.3, -0.25) is 0 Å². The van der Waals surface area contributed by atoms with E-state index in [1.807, 2.05) is 19.1 Å². The maximum atomic E-state index is 12.4. The average Bonchev–Trinajstić information content (AvgIpc) is 2.50. The highest BCUT2D eigenvalue weighted by atomic mass is 35.5. The molecule has 0 spiro atoms. The maximum Gasteiger partial charge on any atom is 0.317 e. The Morgan fingerprint density at radius 3 is 2.82 bits per heavy atom. The quantitative estimate of drug-likeness (QED) is 0.874. The molecule has 0 bridgehead atoms. The molecule has 1 aliphatic rings. The summed E-state index contributed by atoms with van der Waals surface area (Å²) in [7, 11) is 0. The van der Waals surface area contributed by atoms with Crippen LogP contribution in [0.1, 0.15) is 38.3 Å². The highest BCUT2D eigenvalue weighted by Gasteiger charge is 2.27. The molecule has 0 aromatic heterocycles. The molecule has 1 fully saturated rings. The lowest BCUT2D eigenvalue weighted by atomic mass is 9.94. The molecule has 2 amide bonds. The molecule has 1 heterocycles. The molecule has 1 aromatic rings. The molecule has 1 aliphatic heterocycles. The number of amides is 2. The van der Waals surface area contributed by atoms with Crippen molar-refractivity contribution in [3.8, 4) is 0 Å². The van der Waals surface area contributed by atoms with Gasteiger partial charge in [-0.15, -0.1) is 0 Å². The van der Waals surface area contributed by atoms with Crippen molar-refractivity contribution in [2.75, 3.05) is 13.1 Å². The van der Waals surface area contributed by atoms with Gasteiger partial charge < -0.3 is 15.3 Å². The SMILES string of the molecule is CC(NC(=O)N1CCCC(C(C)O)C1)c1cccc(Cl)c1Cl. The van der Waals surface area contributed by atoms with E-state index in [9.17, 15) is 9.90 Å². The van der Waals surface area contributed by atoms with E-state index in [2.05, 4.69) is 5.32 Å². The van der Waals surface area contributed by atoms with Crippen LogP contribution in [-0.4, -0.2) is 35.2 Å². The van der Waals surface area contributed by atoms with Crippen molar-refractivity contribution in [3.63, 3.8) is 0 Å². The molecule has 3 unspecified atom stereocenters. The summed E-state index contributed by atoms with van der Waals surface area (Å²) >= 11 is 12.2. The number of piperidine rings is 1. The third-order valence-electron chi connectivity index (χ3n) is 4.22. The van der Waals surface area contributed by atoms with Gasteiger partial charge in [0.25, 0.3) is 0 Å². The molecule has 1 aromatic carbocycles. The monoisotopic (exact) mass is 344 g/mol. The molecule has 1 saturated heterocycles. The third kappa shape index (κ3) is 4.06. The van der Waals surface area contributed by atoms with Crippen LogP contribution < -0.4 is 5.32 Å². The fourth-order valence-corrected chi connectivity index (χ4v) is 3.27. The lowest BCUT2D eigenvalue weighted by Crippen LogP contribution is -2.47. The van der Waals surface area contributed by atoms with Crippen molar-refractivity contribution in [2.24, 2.45) is 5.92 Å². The van der Waals surface area contributed by atoms with E-state index in [0.717, 1.165) is 18.4 Å². The van der Waals surface area contributed by atoms with E-state index >= 15 is 0 Å². The number of nitrogens with zero attached hydrogens (tertiary/aromatic N) is 1. The Hall–Kier alpha value is -0.970. The number of carbonyl (C=O) groups is 1. The van der Waals surface area contributed by atoms with E-state index < -0.39 is 6.10 Å². The van der Waals surface area contributed by atoms with Gasteiger partial charge in [-0.2, -0.15) is 0 Å². The normalized spacial score (nSPS) is 21.3. The summed E-state index contributed by atoms with van der Waals surface area (Å²) in [5.74, 6) is 0.143. The smallest absolute Gasteiger partial charge is 0.317 e. The van der Waals surface area contributed by atoms with Crippen molar-refractivity contribution in [1.82, 2.24) is 10.2 Å². The largest absolute Gasteiger partial charge is 0.393 e. The Labute approximate surface area is 141 Å². The van der Waals surface area contributed by atoms with Crippen molar-refractivity contribution in [2.45, 2.75) is 38.8 Å². The zero-order chi connectivity index (χ0) is 16.3. The minimum absolute atomic E-state index is 0.131. The van der Waals surface area contributed by atoms with E-state index in [-0.39, 0.29) is 18.0 Å². The molecule has 4 nitrogen and oxygen atoms in total. The van der Waals surface area contributed by atoms with Gasteiger partial charge >= 0.3 is 6.03 Å². The van der Waals surface area contributed by atoms with Gasteiger partial charge in [0.15, 0.2) is 0 Å². The van der Waals surface area contributed by atoms with Crippen LogP contribution >= 0.6 is 23.2 Å². The Morgan fingerprint density at radius 2 is 2.14 bits per heavy atom. The van der Waals surface area contributed by atoms with Crippen LogP contribution in [0.25, 0.3) is 0 Å². The summed E-state index contributed by atoms with van der Waals surface area (Å²) in [6.07, 6.45) is 1.47. The van der Waals surface area contributed by atoms with Crippen molar-refractivity contribution in [3.05, 3.63) is 33.8 Å². The van der Waals surface area contributed by atoms with Crippen molar-refractivity contribution in [1.29, 1.82) is 0 Å². The number of nitrogens with one attached hydrogen (secondary N) is 1. The zero-order valence-electron chi connectivity index (χ0n) is 12.9. The predicted octanol–water partition coefficient (Wildman–Crippen LogP) is 3.86. The molecule has 0 aliphatic carbocycles. The summed E-state index contributed by atoms with van der Waals surface area (Å²) in [6, 6.07) is 5.03. The number of hydrogen-bond donors (Lipinski definition) is 2. The number of halogens is 2. The molecular weight excluding hydrogens is 323 g/mol. The van der Waals surface area contributed by atoms with E-state index in [4.69, 9.17) is 23.2 Å². The van der Waals surface area contributed by atoms with Crippen molar-refractivity contribution < 1.29 is 9.90 Å². The number of benzene rings is 1. The van der Waals surface area contributed by atoms with Crippen LogP contribution in [0.3, 0.4) is 0 Å². The number of carbonyl (C=O) groups excluding carboxylic acids is 1. The first-order valence-corrected chi connectivity index (χ1v) is 8.33. The first kappa shape index (κ1) is 17.4. The number of likely N-dealkylation sites (tertiary alicyclic amines) is 1. The van der Waals surface area contributed by atoms with Crippen LogP contribution in [0.2, 0.25) is 10.0 Å². The first-order valence-electron chi connectivity index (χ1n) is 7.57. The highest BCUT2D eigenvalue weighted by molar-refractivity contribution is 6.42. The van der Waals surface area contributed by atoms with Gasteiger partial charge in [-0.1, -0.05) is 35.3 Å². The van der Waals surface area contributed by atoms with Crippen LogP contribution in [0.15, 0.2) is 18.2 Å². The topological polar surface area (TPSA) is 52.6 Å². The Balaban J connectivity index is 2.00. The Kier molecular flexibility index (Phi) is 5.95. The molecule has 122 valence electrons. The molecule has 6 heteroatoms. The average molecular weight is 345 g/mol. The van der Waals surface area contributed by atoms with Gasteiger partial charge in [0.2, 0.25) is 0 Å². The van der Waals surface area contributed by atoms with E-state index in [1.165, 1.54) is 0 Å². The van der Waals surface area contributed by atoms with Gasteiger partial charge in [-0.05, 0) is 38.3 Å². The lowest BCUT2D eigenvalue weighted by Gasteiger charge is -2.35. The molecular formula is C16H22Cl2N2O2. The molecule has 3 atom stereocenters. The van der Waals surface area contributed by atoms with Gasteiger partial charge in [0, 0.05) is 19.0 Å². The van der Waals surface area contributed by atoms with Crippen LogP contribution in [0, 0.1) is 5.92 Å². The first-order chi connectivity index (χ1) is 10.4. The fourth-order valence-electron chi connectivity index (χ4n) is 2.80. The summed E-state index contributed by atoms with van der Waals surface area (Å²) in [5.41, 5.74) is 0.798. The van der Waals surface area contributed by atoms with Gasteiger partial charge in [0.1, 0.15) is 0 Å². The minimum atomic E-state index is -0.393. The number of aliphatic hydroxyl groups excluding tert-OH is 1. The Morgan fingerprint density at radius 1 is 1.41 bits per heavy atom. The maximum absolute atomic E-state index is 12.4. The standard InChI is InChI=1S/C16H22Cl2N2O2/c1-10(13-6-3-7-14(17)15(13)18)19-16(22)20-8-4-5-12(9-20)11(2)21/h3,6-7,10-12,21H,4-5,8-9H2,1-2H3,(H,19,22). The summed E-state index contributed by atoms with van der Waals surface area (Å²) in [6.45, 7) is 4.95. The summed E-state index contributed by atoms with van der Waals surface area (Å²) in [4.78, 5) is 14.2. The molecule has 0 saturated carbocycles. The number of rotatable bonds is 3. The van der Waals surface area contributed by atoms with E-state index in [0.29, 0.717) is 23.1 Å². The highest BCUT2D eigenvalue weighted by Crippen LogP contribution is 2.30. The van der Waals surface area contributed by atoms with Crippen molar-refractivity contribution >= 4 is 29.2 Å². The summed E-state index contributed by atoms with van der Waals surface area (Å²) < 4.78 is 0. The molecule has 2 rings (SSSR count). The summed E-state index contributed by atoms with van der Waals surface area (Å²) in [5, 5.41) is 13.6. The molecule has 22 heavy (non-hydrogen) atoms. The molecule has 0 radical (unpaired) electrons. The predicted molar refractivity (Wildman–Crippen MR) is 89.4 cm³/mol. The van der Waals surface area contributed by atoms with Crippen LogP contribution in [0.4, 0.5) is 4.79 Å². The second-order valence-corrected chi connectivity index (χ2v) is 6.69. The van der Waals surface area contributed by atoms with Gasteiger partial charge in [0.05, 0.1) is 22.2 Å². The fraction of sp³-hybridized carbons (Fsp3) is 0.562. The van der Waals surface area contributed by atoms with Gasteiger partial charge in [-0.25, -0.2) is 4.79 Å². The van der Waals surface area contributed by atoms with Crippen LogP contribution in [-0.2, 0) is 0 Å². The minimum Gasteiger partial charge on any atom is -0.393 e. The second kappa shape index (κ2) is 7.53. The van der Waals surface area contributed by atoms with E-state index in [1.54, 1.807) is 17.9 Å². The number of aliphatic hydroxyl groups is 1. The zero-order valence-corrected chi connectivity index (χ0v) is 14.4. The number of hydrogen-bond acceptors (Lipinski definition) is 2. The van der Waals surface area contributed by atoms with Crippen LogP contribution in [0.5, 0.6) is 0 Å². The third-order valence-corrected chi connectivity index (χ3v) is 5.05. The Bertz CT molecular complexity index is 537. The number of urea groups is 1.